The highest BCUT2D eigenvalue weighted by atomic mass is 19.4. The minimum atomic E-state index is -4.20. The van der Waals surface area contributed by atoms with Crippen LogP contribution in [0.4, 0.5) is 17.6 Å². The molecule has 0 aliphatic heterocycles. The van der Waals surface area contributed by atoms with Crippen molar-refractivity contribution in [3.05, 3.63) is 35.6 Å². The quantitative estimate of drug-likeness (QED) is 0.431. The molecule has 0 saturated carbocycles. The number of nitrogens with zero attached hydrogens (tertiary/aromatic N) is 2. The minimum absolute atomic E-state index is 0.270. The van der Waals surface area contributed by atoms with Crippen LogP contribution < -0.4 is 10.6 Å². The summed E-state index contributed by atoms with van der Waals surface area (Å²) in [5, 5.41) is 5.91. The molecule has 0 unspecified atom stereocenters. The third kappa shape index (κ3) is 9.34. The third-order valence-electron chi connectivity index (χ3n) is 3.16. The molecule has 0 aromatic heterocycles. The summed E-state index contributed by atoms with van der Waals surface area (Å²) >= 11 is 0. The van der Waals surface area contributed by atoms with Crippen LogP contribution in [0, 0.1) is 5.82 Å². The van der Waals surface area contributed by atoms with Gasteiger partial charge in [0.2, 0.25) is 0 Å². The van der Waals surface area contributed by atoms with E-state index in [1.165, 1.54) is 12.1 Å². The van der Waals surface area contributed by atoms with Gasteiger partial charge in [-0.2, -0.15) is 13.2 Å². The minimum Gasteiger partial charge on any atom is -0.357 e. The van der Waals surface area contributed by atoms with Crippen LogP contribution in [0.15, 0.2) is 29.3 Å². The number of alkyl halides is 3. The van der Waals surface area contributed by atoms with Crippen molar-refractivity contribution in [2.24, 2.45) is 4.99 Å². The molecule has 24 heavy (non-hydrogen) atoms. The lowest BCUT2D eigenvalue weighted by molar-refractivity contribution is -0.132. The van der Waals surface area contributed by atoms with Crippen LogP contribution in [-0.4, -0.2) is 50.3 Å². The Balaban J connectivity index is 2.35. The Hall–Kier alpha value is -1.83. The maximum Gasteiger partial charge on any atom is 0.390 e. The van der Waals surface area contributed by atoms with Crippen molar-refractivity contribution in [2.75, 3.05) is 33.2 Å². The van der Waals surface area contributed by atoms with E-state index in [0.717, 1.165) is 5.56 Å². The molecule has 0 aliphatic carbocycles. The number of guanidine groups is 1. The Bertz CT molecular complexity index is 500. The van der Waals surface area contributed by atoms with E-state index in [-0.39, 0.29) is 12.4 Å². The number of likely N-dealkylation sites (N-methyl/N-ethyl adjacent to an activating group) is 1. The van der Waals surface area contributed by atoms with Crippen LogP contribution in [0.5, 0.6) is 0 Å². The van der Waals surface area contributed by atoms with Crippen molar-refractivity contribution in [3.63, 3.8) is 0 Å². The zero-order valence-corrected chi connectivity index (χ0v) is 14.0. The van der Waals surface area contributed by atoms with Gasteiger partial charge in [0.1, 0.15) is 5.82 Å². The molecule has 0 heterocycles. The Kier molecular flexibility index (Phi) is 8.53. The Morgan fingerprint density at radius 2 is 1.83 bits per heavy atom. The molecule has 1 aromatic carbocycles. The lowest BCUT2D eigenvalue weighted by atomic mass is 10.2. The number of aliphatic imine (C=N–C) groups is 1. The van der Waals surface area contributed by atoms with Crippen molar-refractivity contribution in [3.8, 4) is 0 Å². The zero-order valence-electron chi connectivity index (χ0n) is 14.0. The van der Waals surface area contributed by atoms with E-state index in [0.29, 0.717) is 32.1 Å². The van der Waals surface area contributed by atoms with Gasteiger partial charge in [0, 0.05) is 26.2 Å². The molecule has 8 heteroatoms. The Morgan fingerprint density at radius 3 is 2.42 bits per heavy atom. The van der Waals surface area contributed by atoms with Gasteiger partial charge in [-0.15, -0.1) is 0 Å². The largest absolute Gasteiger partial charge is 0.390 e. The van der Waals surface area contributed by atoms with Crippen molar-refractivity contribution in [1.82, 2.24) is 15.5 Å². The molecule has 1 aromatic rings. The zero-order chi connectivity index (χ0) is 18.0. The van der Waals surface area contributed by atoms with Gasteiger partial charge >= 0.3 is 6.18 Å². The molecule has 0 bridgehead atoms. The monoisotopic (exact) mass is 348 g/mol. The van der Waals surface area contributed by atoms with Crippen LogP contribution in [0.3, 0.4) is 0 Å². The first-order valence-electron chi connectivity index (χ1n) is 7.82. The molecule has 0 radical (unpaired) electrons. The van der Waals surface area contributed by atoms with Crippen LogP contribution >= 0.6 is 0 Å². The highest BCUT2D eigenvalue weighted by molar-refractivity contribution is 5.79. The van der Waals surface area contributed by atoms with Crippen molar-refractivity contribution in [1.29, 1.82) is 0 Å². The lowest BCUT2D eigenvalue weighted by Crippen LogP contribution is -2.41. The van der Waals surface area contributed by atoms with Crippen LogP contribution in [0.2, 0.25) is 0 Å². The fraction of sp³-hybridized carbons (Fsp3) is 0.562. The number of hydrogen-bond acceptors (Lipinski definition) is 2. The molecule has 0 amide bonds. The SMILES string of the molecule is CCNC(=NCCC(F)(F)F)NCCN(C)Cc1ccc(F)cc1. The molecular formula is C16H24F4N4. The fourth-order valence-corrected chi connectivity index (χ4v) is 1.98. The molecule has 1 rings (SSSR count). The van der Waals surface area contributed by atoms with Gasteiger partial charge in [-0.3, -0.25) is 4.99 Å². The highest BCUT2D eigenvalue weighted by Gasteiger charge is 2.26. The van der Waals surface area contributed by atoms with Gasteiger partial charge in [-0.1, -0.05) is 12.1 Å². The van der Waals surface area contributed by atoms with E-state index < -0.39 is 12.6 Å². The number of benzene rings is 1. The van der Waals surface area contributed by atoms with E-state index >= 15 is 0 Å². The predicted molar refractivity (Wildman–Crippen MR) is 87.4 cm³/mol. The summed E-state index contributed by atoms with van der Waals surface area (Å²) in [4.78, 5) is 5.93. The first-order valence-corrected chi connectivity index (χ1v) is 7.82. The van der Waals surface area contributed by atoms with Gasteiger partial charge in [0.15, 0.2) is 5.96 Å². The summed E-state index contributed by atoms with van der Waals surface area (Å²) in [6.07, 6.45) is -5.13. The fourth-order valence-electron chi connectivity index (χ4n) is 1.98. The maximum atomic E-state index is 12.8. The van der Waals surface area contributed by atoms with E-state index in [9.17, 15) is 17.6 Å². The van der Waals surface area contributed by atoms with Gasteiger partial charge in [-0.05, 0) is 31.7 Å². The summed E-state index contributed by atoms with van der Waals surface area (Å²) in [5.41, 5.74) is 0.990. The van der Waals surface area contributed by atoms with Gasteiger partial charge in [0.25, 0.3) is 0 Å². The highest BCUT2D eigenvalue weighted by Crippen LogP contribution is 2.18. The summed E-state index contributed by atoms with van der Waals surface area (Å²) in [6.45, 7) is 3.98. The second-order valence-corrected chi connectivity index (χ2v) is 5.42. The number of nitrogens with one attached hydrogen (secondary N) is 2. The van der Waals surface area contributed by atoms with Gasteiger partial charge < -0.3 is 15.5 Å². The average Bonchev–Trinajstić information content (AvgIpc) is 2.48. The first kappa shape index (κ1) is 20.2. The normalized spacial score (nSPS) is 12.5. The molecule has 0 aliphatic rings. The molecule has 2 N–H and O–H groups in total. The second kappa shape index (κ2) is 10.1. The van der Waals surface area contributed by atoms with Crippen LogP contribution in [-0.2, 0) is 6.54 Å². The predicted octanol–water partition coefficient (Wildman–Crippen LogP) is 2.77. The molecule has 136 valence electrons. The van der Waals surface area contributed by atoms with E-state index in [1.54, 1.807) is 12.1 Å². The van der Waals surface area contributed by atoms with Crippen molar-refractivity contribution >= 4 is 5.96 Å². The smallest absolute Gasteiger partial charge is 0.357 e. The first-order chi connectivity index (χ1) is 11.3. The standard InChI is InChI=1S/C16H24F4N4/c1-3-21-15(22-9-8-16(18,19)20)23-10-11-24(2)12-13-4-6-14(17)7-5-13/h4-7H,3,8-12H2,1-2H3,(H2,21,22,23). The summed E-state index contributed by atoms with van der Waals surface area (Å²) in [6, 6.07) is 6.28. The average molecular weight is 348 g/mol. The summed E-state index contributed by atoms with van der Waals surface area (Å²) in [5.74, 6) is 0.102. The van der Waals surface area contributed by atoms with E-state index in [4.69, 9.17) is 0 Å². The van der Waals surface area contributed by atoms with Crippen molar-refractivity contribution < 1.29 is 17.6 Å². The molecule has 0 saturated heterocycles. The van der Waals surface area contributed by atoms with Crippen LogP contribution in [0.1, 0.15) is 18.9 Å². The number of halogens is 4. The molecule has 0 spiro atoms. The third-order valence-corrected chi connectivity index (χ3v) is 3.16. The lowest BCUT2D eigenvalue weighted by Gasteiger charge is -2.18. The summed E-state index contributed by atoms with van der Waals surface area (Å²) in [7, 11) is 1.92. The van der Waals surface area contributed by atoms with E-state index in [1.807, 2.05) is 18.9 Å². The molecule has 0 fully saturated rings. The van der Waals surface area contributed by atoms with Crippen LogP contribution in [0.25, 0.3) is 0 Å². The molecule has 4 nitrogen and oxygen atoms in total. The number of rotatable bonds is 8. The molecular weight excluding hydrogens is 324 g/mol. The molecule has 0 atom stereocenters. The maximum absolute atomic E-state index is 12.8. The number of hydrogen-bond donors (Lipinski definition) is 2. The summed E-state index contributed by atoms with van der Waals surface area (Å²) < 4.78 is 49.3. The second-order valence-electron chi connectivity index (χ2n) is 5.42. The van der Waals surface area contributed by atoms with Gasteiger partial charge in [0.05, 0.1) is 13.0 Å². The topological polar surface area (TPSA) is 39.7 Å². The Labute approximate surface area is 139 Å². The van der Waals surface area contributed by atoms with Gasteiger partial charge in [-0.25, -0.2) is 4.39 Å². The Morgan fingerprint density at radius 1 is 1.17 bits per heavy atom. The van der Waals surface area contributed by atoms with E-state index in [2.05, 4.69) is 15.6 Å². The van der Waals surface area contributed by atoms with Crippen molar-refractivity contribution in [2.45, 2.75) is 26.1 Å².